The lowest BCUT2D eigenvalue weighted by Gasteiger charge is -1.99. The monoisotopic (exact) mass is 214 g/mol. The van der Waals surface area contributed by atoms with Gasteiger partial charge in [0.25, 0.3) is 0 Å². The highest BCUT2D eigenvalue weighted by Crippen LogP contribution is 1.91. The maximum absolute atomic E-state index is 11.0. The smallest absolute Gasteiger partial charge is 0.327 e. The summed E-state index contributed by atoms with van der Waals surface area (Å²) in [6.45, 7) is 2.10. The molecule has 0 saturated carbocycles. The highest BCUT2D eigenvalue weighted by atomic mass is 32.1. The summed E-state index contributed by atoms with van der Waals surface area (Å²) < 4.78 is 6.05. The quantitative estimate of drug-likeness (QED) is 0.536. The molecule has 7 heteroatoms. The molecule has 0 amide bonds. The van der Waals surface area contributed by atoms with E-state index >= 15 is 0 Å². The molecule has 0 aromatic carbocycles. The Morgan fingerprint density at radius 3 is 3.00 bits per heavy atom. The van der Waals surface area contributed by atoms with Gasteiger partial charge >= 0.3 is 5.97 Å². The van der Waals surface area contributed by atoms with Crippen LogP contribution in [-0.4, -0.2) is 32.3 Å². The number of hydrogen-bond acceptors (Lipinski definition) is 5. The van der Waals surface area contributed by atoms with Gasteiger partial charge in [-0.25, -0.2) is 9.67 Å². The molecule has 1 aromatic rings. The molecular weight excluding hydrogens is 204 g/mol. The number of carbonyl (C=O) groups is 1. The molecule has 0 fully saturated rings. The van der Waals surface area contributed by atoms with Gasteiger partial charge in [-0.2, -0.15) is 0 Å². The van der Waals surface area contributed by atoms with Gasteiger partial charge in [0.15, 0.2) is 0 Å². The maximum Gasteiger partial charge on any atom is 0.327 e. The number of nitrogens with zero attached hydrogens (tertiary/aromatic N) is 3. The van der Waals surface area contributed by atoms with Crippen molar-refractivity contribution in [3.63, 3.8) is 0 Å². The Bertz CT molecular complexity index is 349. The largest absolute Gasteiger partial charge is 0.465 e. The molecule has 0 saturated heterocycles. The van der Waals surface area contributed by atoms with E-state index in [1.165, 1.54) is 11.0 Å². The second-order valence-corrected chi connectivity index (χ2v) is 2.87. The molecule has 0 bridgehead atoms. The second-order valence-electron chi connectivity index (χ2n) is 2.44. The van der Waals surface area contributed by atoms with Gasteiger partial charge in [-0.3, -0.25) is 4.79 Å². The van der Waals surface area contributed by atoms with Gasteiger partial charge in [0, 0.05) is 0 Å². The molecule has 0 unspecified atom stereocenters. The molecule has 0 aliphatic carbocycles. The number of rotatable bonds is 4. The van der Waals surface area contributed by atoms with E-state index in [1.807, 2.05) is 0 Å². The average Bonchev–Trinajstić information content (AvgIpc) is 2.53. The summed E-state index contributed by atoms with van der Waals surface area (Å²) in [5, 5.41) is 3.87. The van der Waals surface area contributed by atoms with E-state index in [-0.39, 0.29) is 23.3 Å². The molecule has 14 heavy (non-hydrogen) atoms. The first-order valence-corrected chi connectivity index (χ1v) is 4.39. The third-order valence-corrected chi connectivity index (χ3v) is 1.54. The fraction of sp³-hybridized carbons (Fsp3) is 0.429. The van der Waals surface area contributed by atoms with Gasteiger partial charge in [0.05, 0.1) is 6.61 Å². The van der Waals surface area contributed by atoms with E-state index in [0.29, 0.717) is 6.61 Å². The minimum absolute atomic E-state index is 0.0173. The summed E-state index contributed by atoms with van der Waals surface area (Å²) in [5.41, 5.74) is 5.29. The zero-order chi connectivity index (χ0) is 10.6. The Labute approximate surface area is 86.1 Å². The molecule has 1 aromatic heterocycles. The summed E-state index contributed by atoms with van der Waals surface area (Å²) >= 11 is 4.66. The van der Waals surface area contributed by atoms with Crippen molar-refractivity contribution in [3.8, 4) is 0 Å². The Kier molecular flexibility index (Phi) is 3.52. The van der Waals surface area contributed by atoms with Crippen LogP contribution >= 0.6 is 12.2 Å². The molecule has 0 atom stereocenters. The van der Waals surface area contributed by atoms with Crippen LogP contribution in [0.25, 0.3) is 0 Å². The molecule has 0 radical (unpaired) electrons. The van der Waals surface area contributed by atoms with Crippen molar-refractivity contribution >= 4 is 23.2 Å². The van der Waals surface area contributed by atoms with Crippen molar-refractivity contribution in [3.05, 3.63) is 12.2 Å². The van der Waals surface area contributed by atoms with Crippen LogP contribution < -0.4 is 5.73 Å². The number of thiocarbonyl (C=S) groups is 1. The molecule has 0 aliphatic rings. The molecular formula is C7H10N4O2S. The van der Waals surface area contributed by atoms with Crippen molar-refractivity contribution in [1.29, 1.82) is 0 Å². The SMILES string of the molecule is CCOC(=O)Cn1cnc(C(N)=S)n1. The van der Waals surface area contributed by atoms with E-state index in [2.05, 4.69) is 22.3 Å². The van der Waals surface area contributed by atoms with Gasteiger partial charge < -0.3 is 10.5 Å². The molecule has 1 rings (SSSR count). The standard InChI is InChI=1S/C7H10N4O2S/c1-2-13-5(12)3-11-4-9-7(10-11)6(8)14/h4H,2-3H2,1H3,(H2,8,14). The Hall–Kier alpha value is -1.50. The summed E-state index contributed by atoms with van der Waals surface area (Å²) in [7, 11) is 0. The third-order valence-electron chi connectivity index (χ3n) is 1.35. The van der Waals surface area contributed by atoms with Crippen molar-refractivity contribution in [2.24, 2.45) is 5.73 Å². The average molecular weight is 214 g/mol. The van der Waals surface area contributed by atoms with E-state index in [4.69, 9.17) is 10.5 Å². The number of aromatic nitrogens is 3. The Morgan fingerprint density at radius 1 is 1.79 bits per heavy atom. The normalized spacial score (nSPS) is 9.79. The van der Waals surface area contributed by atoms with Crippen LogP contribution in [0.3, 0.4) is 0 Å². The topological polar surface area (TPSA) is 83.0 Å². The molecule has 0 aliphatic heterocycles. The number of hydrogen-bond donors (Lipinski definition) is 1. The second kappa shape index (κ2) is 4.66. The van der Waals surface area contributed by atoms with Crippen LogP contribution in [0.5, 0.6) is 0 Å². The minimum atomic E-state index is -0.369. The van der Waals surface area contributed by atoms with E-state index in [9.17, 15) is 4.79 Å². The van der Waals surface area contributed by atoms with Crippen molar-refractivity contribution in [2.45, 2.75) is 13.5 Å². The lowest BCUT2D eigenvalue weighted by molar-refractivity contribution is -0.144. The van der Waals surface area contributed by atoms with E-state index in [1.54, 1.807) is 6.92 Å². The van der Waals surface area contributed by atoms with Crippen molar-refractivity contribution in [2.75, 3.05) is 6.61 Å². The zero-order valence-corrected chi connectivity index (χ0v) is 8.45. The molecule has 1 heterocycles. The number of ether oxygens (including phenoxy) is 1. The van der Waals surface area contributed by atoms with Crippen LogP contribution in [0.2, 0.25) is 0 Å². The fourth-order valence-electron chi connectivity index (χ4n) is 0.823. The summed E-state index contributed by atoms with van der Waals surface area (Å²) in [5.74, 6) is -0.115. The summed E-state index contributed by atoms with van der Waals surface area (Å²) in [6.07, 6.45) is 1.38. The zero-order valence-electron chi connectivity index (χ0n) is 7.64. The first kappa shape index (κ1) is 10.6. The molecule has 0 spiro atoms. The van der Waals surface area contributed by atoms with E-state index in [0.717, 1.165) is 0 Å². The van der Waals surface area contributed by atoms with Gasteiger partial charge in [-0.1, -0.05) is 12.2 Å². The van der Waals surface area contributed by atoms with Crippen LogP contribution in [-0.2, 0) is 16.1 Å². The van der Waals surface area contributed by atoms with Crippen LogP contribution in [0.1, 0.15) is 12.7 Å². The van der Waals surface area contributed by atoms with Gasteiger partial charge in [-0.05, 0) is 6.92 Å². The van der Waals surface area contributed by atoms with Gasteiger partial charge in [0.1, 0.15) is 17.9 Å². The highest BCUT2D eigenvalue weighted by molar-refractivity contribution is 7.80. The predicted molar refractivity (Wildman–Crippen MR) is 52.5 cm³/mol. The minimum Gasteiger partial charge on any atom is -0.465 e. The molecule has 2 N–H and O–H groups in total. The first-order valence-electron chi connectivity index (χ1n) is 3.98. The van der Waals surface area contributed by atoms with Gasteiger partial charge in [0.2, 0.25) is 5.82 Å². The molecule has 6 nitrogen and oxygen atoms in total. The fourth-order valence-corrected chi connectivity index (χ4v) is 0.916. The van der Waals surface area contributed by atoms with Crippen LogP contribution in [0.15, 0.2) is 6.33 Å². The Balaban J connectivity index is 2.59. The van der Waals surface area contributed by atoms with E-state index < -0.39 is 0 Å². The summed E-state index contributed by atoms with van der Waals surface area (Å²) in [4.78, 5) is 14.9. The van der Waals surface area contributed by atoms with Crippen LogP contribution in [0.4, 0.5) is 0 Å². The first-order chi connectivity index (χ1) is 6.63. The maximum atomic E-state index is 11.0. The third kappa shape index (κ3) is 2.77. The van der Waals surface area contributed by atoms with Crippen molar-refractivity contribution in [1.82, 2.24) is 14.8 Å². The lowest BCUT2D eigenvalue weighted by Crippen LogP contribution is -2.16. The number of nitrogens with two attached hydrogens (primary N) is 1. The number of carbonyl (C=O) groups excluding carboxylic acids is 1. The molecule has 76 valence electrons. The predicted octanol–water partition coefficient (Wildman–Crippen LogP) is -0.525. The highest BCUT2D eigenvalue weighted by Gasteiger charge is 2.07. The summed E-state index contributed by atoms with van der Waals surface area (Å²) in [6, 6.07) is 0. The van der Waals surface area contributed by atoms with Crippen LogP contribution in [0, 0.1) is 0 Å². The Morgan fingerprint density at radius 2 is 2.50 bits per heavy atom. The lowest BCUT2D eigenvalue weighted by atomic mass is 10.6. The number of esters is 1. The van der Waals surface area contributed by atoms with Gasteiger partial charge in [-0.15, -0.1) is 5.10 Å². The van der Waals surface area contributed by atoms with Crippen molar-refractivity contribution < 1.29 is 9.53 Å².